The second-order valence-electron chi connectivity index (χ2n) is 9.38. The van der Waals surface area contributed by atoms with Crippen LogP contribution in [0.2, 0.25) is 0 Å². The summed E-state index contributed by atoms with van der Waals surface area (Å²) in [4.78, 5) is 40.6. The Hall–Kier alpha value is -2.45. The van der Waals surface area contributed by atoms with E-state index in [1.54, 1.807) is 18.9 Å². The van der Waals surface area contributed by atoms with E-state index in [0.29, 0.717) is 32.2 Å². The molecule has 0 heterocycles. The molecule has 0 aliphatic heterocycles. The molecule has 1 amide bonds. The van der Waals surface area contributed by atoms with Gasteiger partial charge in [0, 0.05) is 37.9 Å². The van der Waals surface area contributed by atoms with E-state index in [1.165, 1.54) is 0 Å². The lowest BCUT2D eigenvalue weighted by Gasteiger charge is -2.43. The predicted octanol–water partition coefficient (Wildman–Crippen LogP) is 3.32. The Kier molecular flexibility index (Phi) is 7.01. The van der Waals surface area contributed by atoms with Gasteiger partial charge >= 0.3 is 0 Å². The van der Waals surface area contributed by atoms with Gasteiger partial charge in [0.15, 0.2) is 0 Å². The van der Waals surface area contributed by atoms with Crippen molar-refractivity contribution in [3.8, 4) is 11.8 Å². The van der Waals surface area contributed by atoms with Crippen LogP contribution in [0.25, 0.3) is 0 Å². The number of hydrogen-bond acceptors (Lipinski definition) is 4. The second kappa shape index (κ2) is 9.36. The van der Waals surface area contributed by atoms with Gasteiger partial charge in [-0.2, -0.15) is 0 Å². The summed E-state index contributed by atoms with van der Waals surface area (Å²) in [7, 11) is 1.71. The number of hydrogen-bond donors (Lipinski definition) is 1. The van der Waals surface area contributed by atoms with Crippen molar-refractivity contribution in [1.29, 1.82) is 0 Å². The van der Waals surface area contributed by atoms with Crippen LogP contribution < -0.4 is 0 Å². The van der Waals surface area contributed by atoms with Crippen molar-refractivity contribution < 1.29 is 19.5 Å². The smallest absolute Gasteiger partial charge is 0.225 e. The van der Waals surface area contributed by atoms with Gasteiger partial charge in [-0.15, -0.1) is 5.92 Å². The molecule has 166 valence electrons. The zero-order valence-electron chi connectivity index (χ0n) is 19.1. The molecule has 2 aliphatic carbocycles. The highest BCUT2D eigenvalue weighted by Gasteiger charge is 2.48. The van der Waals surface area contributed by atoms with Crippen molar-refractivity contribution in [3.05, 3.63) is 34.4 Å². The molecule has 0 saturated heterocycles. The minimum atomic E-state index is -0.677. The summed E-state index contributed by atoms with van der Waals surface area (Å²) in [5.41, 5.74) is 3.35. The van der Waals surface area contributed by atoms with Crippen LogP contribution in [0, 0.1) is 37.0 Å². The van der Waals surface area contributed by atoms with Crippen LogP contribution in [0.5, 0.6) is 0 Å². The van der Waals surface area contributed by atoms with Crippen LogP contribution in [0.4, 0.5) is 0 Å². The maximum absolute atomic E-state index is 13.3. The Morgan fingerprint density at radius 2 is 1.68 bits per heavy atom. The van der Waals surface area contributed by atoms with Gasteiger partial charge in [-0.25, -0.2) is 0 Å². The molecule has 31 heavy (non-hydrogen) atoms. The van der Waals surface area contributed by atoms with Gasteiger partial charge in [0.05, 0.1) is 6.61 Å². The first-order valence-corrected chi connectivity index (χ1v) is 11.2. The lowest BCUT2D eigenvalue weighted by atomic mass is 9.59. The van der Waals surface area contributed by atoms with E-state index in [4.69, 9.17) is 5.11 Å². The third-order valence-corrected chi connectivity index (χ3v) is 7.10. The van der Waals surface area contributed by atoms with Crippen LogP contribution in [0.3, 0.4) is 0 Å². The fourth-order valence-corrected chi connectivity index (χ4v) is 5.56. The molecular formula is C26H33NO4. The number of aliphatic hydroxyl groups excluding tert-OH is 1. The summed E-state index contributed by atoms with van der Waals surface area (Å²) in [6.07, 6.45) is 3.66. The monoisotopic (exact) mass is 423 g/mol. The lowest BCUT2D eigenvalue weighted by Crippen LogP contribution is -2.44. The van der Waals surface area contributed by atoms with Gasteiger partial charge in [-0.1, -0.05) is 5.92 Å². The van der Waals surface area contributed by atoms with Crippen molar-refractivity contribution in [2.75, 3.05) is 20.2 Å². The number of ketones is 2. The molecule has 5 nitrogen and oxygen atoms in total. The maximum Gasteiger partial charge on any atom is 0.225 e. The molecule has 2 aliphatic rings. The number of aliphatic hydroxyl groups is 1. The Balaban J connectivity index is 1.74. The molecule has 2 saturated carbocycles. The zero-order valence-corrected chi connectivity index (χ0v) is 19.1. The van der Waals surface area contributed by atoms with E-state index in [-0.39, 0.29) is 35.4 Å². The van der Waals surface area contributed by atoms with Crippen molar-refractivity contribution in [1.82, 2.24) is 4.90 Å². The number of carbonyl (C=O) groups excluding carboxylic acids is 3. The van der Waals surface area contributed by atoms with Crippen molar-refractivity contribution in [3.63, 3.8) is 0 Å². The van der Waals surface area contributed by atoms with Gasteiger partial charge in [0.1, 0.15) is 17.5 Å². The molecule has 1 aromatic rings. The van der Waals surface area contributed by atoms with Gasteiger partial charge in [0.25, 0.3) is 0 Å². The first-order valence-electron chi connectivity index (χ1n) is 11.2. The highest BCUT2D eigenvalue weighted by Crippen LogP contribution is 2.50. The van der Waals surface area contributed by atoms with Gasteiger partial charge in [-0.3, -0.25) is 14.4 Å². The highest BCUT2D eigenvalue weighted by molar-refractivity contribution is 6.10. The van der Waals surface area contributed by atoms with E-state index in [9.17, 15) is 14.4 Å². The Labute approximate surface area is 185 Å². The van der Waals surface area contributed by atoms with Crippen LogP contribution in [-0.2, 0) is 14.4 Å². The summed E-state index contributed by atoms with van der Waals surface area (Å²) < 4.78 is 0. The summed E-state index contributed by atoms with van der Waals surface area (Å²) in [6.45, 7) is 5.98. The first kappa shape index (κ1) is 23.2. The molecular weight excluding hydrogens is 390 g/mol. The van der Waals surface area contributed by atoms with Gasteiger partial charge < -0.3 is 10.0 Å². The van der Waals surface area contributed by atoms with E-state index in [2.05, 4.69) is 11.8 Å². The van der Waals surface area contributed by atoms with Crippen LogP contribution >= 0.6 is 0 Å². The molecule has 5 heteroatoms. The Morgan fingerprint density at radius 1 is 1.13 bits per heavy atom. The fraction of sp³-hybridized carbons (Fsp3) is 0.577. The minimum absolute atomic E-state index is 0.0129. The summed E-state index contributed by atoms with van der Waals surface area (Å²) in [5.74, 6) is 5.27. The number of rotatable bonds is 4. The molecule has 0 bridgehead atoms. The highest BCUT2D eigenvalue weighted by atomic mass is 16.3. The predicted molar refractivity (Wildman–Crippen MR) is 120 cm³/mol. The normalized spacial score (nSPS) is 25.8. The summed E-state index contributed by atoms with van der Waals surface area (Å²) in [5, 5.41) is 9.07. The third kappa shape index (κ3) is 4.75. The van der Waals surface area contributed by atoms with Gasteiger partial charge in [-0.05, 0) is 80.7 Å². The van der Waals surface area contributed by atoms with E-state index in [0.717, 1.165) is 35.1 Å². The molecule has 0 atom stereocenters. The fourth-order valence-electron chi connectivity index (χ4n) is 5.56. The quantitative estimate of drug-likeness (QED) is 0.596. The molecule has 1 N–H and O–H groups in total. The topological polar surface area (TPSA) is 74.7 Å². The molecule has 0 unspecified atom stereocenters. The Bertz CT molecular complexity index is 901. The van der Waals surface area contributed by atoms with Crippen molar-refractivity contribution >= 4 is 17.5 Å². The lowest BCUT2D eigenvalue weighted by molar-refractivity contribution is -0.140. The first-order chi connectivity index (χ1) is 14.7. The van der Waals surface area contributed by atoms with Crippen molar-refractivity contribution in [2.45, 2.75) is 65.2 Å². The standard InChI is InChI=1S/C26H33NO4/c1-5-6-19-13-17(2)23(18(3)14-19)24-21(29)15-26(16-22(24)30)9-7-20(8-10-26)25(31)27(4)11-12-28/h13-14,20,24,28H,7-12,15-16H2,1-4H3. The van der Waals surface area contributed by atoms with Gasteiger partial charge in [0.2, 0.25) is 5.91 Å². The minimum Gasteiger partial charge on any atom is -0.395 e. The largest absolute Gasteiger partial charge is 0.395 e. The molecule has 2 fully saturated rings. The van der Waals surface area contributed by atoms with Crippen molar-refractivity contribution in [2.24, 2.45) is 11.3 Å². The van der Waals surface area contributed by atoms with Crippen LogP contribution in [0.1, 0.15) is 73.6 Å². The number of nitrogens with zero attached hydrogens (tertiary/aromatic N) is 1. The molecule has 0 aromatic heterocycles. The number of carbonyl (C=O) groups is 3. The zero-order chi connectivity index (χ0) is 22.8. The van der Waals surface area contributed by atoms with E-state index >= 15 is 0 Å². The SMILES string of the molecule is CC#Cc1cc(C)c(C2C(=O)CC3(CCC(C(=O)N(C)CCO)CC3)CC2=O)c(C)c1. The number of Topliss-reactive ketones (excluding diaryl/α,β-unsaturated/α-hetero) is 2. The van der Waals surface area contributed by atoms with Crippen LogP contribution in [-0.4, -0.2) is 47.7 Å². The summed E-state index contributed by atoms with van der Waals surface area (Å²) >= 11 is 0. The average molecular weight is 424 g/mol. The van der Waals surface area contributed by atoms with Crippen LogP contribution in [0.15, 0.2) is 12.1 Å². The number of benzene rings is 1. The number of amides is 1. The third-order valence-electron chi connectivity index (χ3n) is 7.10. The van der Waals surface area contributed by atoms with E-state index < -0.39 is 5.92 Å². The number of likely N-dealkylation sites (N-methyl/N-ethyl adjacent to an activating group) is 1. The molecule has 1 aromatic carbocycles. The van der Waals surface area contributed by atoms with E-state index in [1.807, 2.05) is 26.0 Å². The molecule has 1 spiro atoms. The maximum atomic E-state index is 13.3. The summed E-state index contributed by atoms with van der Waals surface area (Å²) in [6, 6.07) is 3.92. The number of aryl methyl sites for hydroxylation is 2. The molecule has 3 rings (SSSR count). The Morgan fingerprint density at radius 3 is 2.16 bits per heavy atom. The molecule has 0 radical (unpaired) electrons. The second-order valence-corrected chi connectivity index (χ2v) is 9.38. The average Bonchev–Trinajstić information content (AvgIpc) is 2.70.